The number of likely N-dealkylation sites (tertiary alicyclic amines) is 1. The number of rotatable bonds is 5. The second kappa shape index (κ2) is 6.90. The van der Waals surface area contributed by atoms with E-state index in [1.807, 2.05) is 0 Å². The van der Waals surface area contributed by atoms with Gasteiger partial charge in [0.2, 0.25) is 5.91 Å². The molecule has 0 unspecified atom stereocenters. The molecule has 2 saturated heterocycles. The maximum Gasteiger partial charge on any atom is 0.245 e. The van der Waals surface area contributed by atoms with E-state index in [0.717, 1.165) is 25.9 Å². The lowest BCUT2D eigenvalue weighted by Crippen LogP contribution is -2.33. The van der Waals surface area contributed by atoms with E-state index < -0.39 is 0 Å². The number of aromatic nitrogens is 1. The molecule has 1 spiro atoms. The first-order valence-electron chi connectivity index (χ1n) is 7.87. The molecule has 2 fully saturated rings. The van der Waals surface area contributed by atoms with Gasteiger partial charge in [0.05, 0.1) is 24.5 Å². The van der Waals surface area contributed by atoms with Crippen LogP contribution in [0.25, 0.3) is 0 Å². The van der Waals surface area contributed by atoms with Gasteiger partial charge < -0.3 is 14.8 Å². The largest absolute Gasteiger partial charge is 0.371 e. The summed E-state index contributed by atoms with van der Waals surface area (Å²) < 4.78 is 25.3. The number of amides is 1. The number of pyridine rings is 1. The zero-order chi connectivity index (χ0) is 16.3. The number of nitrogens with zero attached hydrogens (tertiary/aromatic N) is 2. The van der Waals surface area contributed by atoms with Crippen LogP contribution in [0.3, 0.4) is 0 Å². The van der Waals surface area contributed by atoms with Crippen LogP contribution in [0.1, 0.15) is 18.4 Å². The molecule has 0 bridgehead atoms. The van der Waals surface area contributed by atoms with Gasteiger partial charge in [0.1, 0.15) is 12.4 Å². The Morgan fingerprint density at radius 3 is 3.30 bits per heavy atom. The van der Waals surface area contributed by atoms with Crippen molar-refractivity contribution in [2.45, 2.75) is 31.1 Å². The molecular weight excluding hydrogens is 301 g/mol. The summed E-state index contributed by atoms with van der Waals surface area (Å²) in [5, 5.41) is 2.54. The molecular formula is C16H22FN3O3. The van der Waals surface area contributed by atoms with Crippen molar-refractivity contribution in [2.24, 2.45) is 0 Å². The van der Waals surface area contributed by atoms with E-state index in [-0.39, 0.29) is 30.0 Å². The minimum Gasteiger partial charge on any atom is -0.371 e. The SMILES string of the molecule is CNC(=O)CO[C@H]1CO[C@]2(CCN(Cc3ccncc3F)C2)C1. The summed E-state index contributed by atoms with van der Waals surface area (Å²) in [5.41, 5.74) is 0.430. The normalized spacial score (nSPS) is 27.7. The molecule has 1 aromatic rings. The second-order valence-corrected chi connectivity index (χ2v) is 6.23. The summed E-state index contributed by atoms with van der Waals surface area (Å²) in [6.45, 7) is 2.75. The topological polar surface area (TPSA) is 63.7 Å². The van der Waals surface area contributed by atoms with E-state index in [0.29, 0.717) is 18.7 Å². The molecule has 1 N–H and O–H groups in total. The Kier molecular flexibility index (Phi) is 4.89. The van der Waals surface area contributed by atoms with Crippen LogP contribution in [0.15, 0.2) is 18.5 Å². The summed E-state index contributed by atoms with van der Waals surface area (Å²) in [6.07, 6.45) is 4.48. The van der Waals surface area contributed by atoms with E-state index in [1.54, 1.807) is 19.3 Å². The number of ether oxygens (including phenoxy) is 2. The van der Waals surface area contributed by atoms with Gasteiger partial charge in [-0.2, -0.15) is 0 Å². The Labute approximate surface area is 135 Å². The monoisotopic (exact) mass is 323 g/mol. The van der Waals surface area contributed by atoms with Gasteiger partial charge in [-0.1, -0.05) is 0 Å². The van der Waals surface area contributed by atoms with Crippen molar-refractivity contribution in [1.82, 2.24) is 15.2 Å². The summed E-state index contributed by atoms with van der Waals surface area (Å²) >= 11 is 0. The third-order valence-corrected chi connectivity index (χ3v) is 4.55. The van der Waals surface area contributed by atoms with Crippen molar-refractivity contribution in [2.75, 3.05) is 33.4 Å². The summed E-state index contributed by atoms with van der Waals surface area (Å²) in [5.74, 6) is -0.403. The third kappa shape index (κ3) is 3.85. The van der Waals surface area contributed by atoms with Crippen molar-refractivity contribution >= 4 is 5.91 Å². The number of nitrogens with one attached hydrogen (secondary N) is 1. The van der Waals surface area contributed by atoms with Crippen molar-refractivity contribution < 1.29 is 18.7 Å². The minimum atomic E-state index is -0.271. The Balaban J connectivity index is 1.51. The van der Waals surface area contributed by atoms with Crippen molar-refractivity contribution in [3.8, 4) is 0 Å². The number of likely N-dealkylation sites (N-methyl/N-ethyl adjacent to an activating group) is 1. The van der Waals surface area contributed by atoms with Gasteiger partial charge in [0.25, 0.3) is 0 Å². The van der Waals surface area contributed by atoms with Gasteiger partial charge in [-0.05, 0) is 12.5 Å². The van der Waals surface area contributed by atoms with E-state index in [9.17, 15) is 9.18 Å². The van der Waals surface area contributed by atoms with Gasteiger partial charge >= 0.3 is 0 Å². The Bertz CT molecular complexity index is 571. The zero-order valence-electron chi connectivity index (χ0n) is 13.3. The molecule has 0 aromatic carbocycles. The Morgan fingerprint density at radius 1 is 1.65 bits per heavy atom. The van der Waals surface area contributed by atoms with Gasteiger partial charge in [-0.15, -0.1) is 0 Å². The van der Waals surface area contributed by atoms with Gasteiger partial charge in [0, 0.05) is 44.9 Å². The maximum absolute atomic E-state index is 13.7. The van der Waals surface area contributed by atoms with E-state index in [4.69, 9.17) is 9.47 Å². The van der Waals surface area contributed by atoms with Crippen LogP contribution in [-0.2, 0) is 20.8 Å². The molecule has 126 valence electrons. The lowest BCUT2D eigenvalue weighted by atomic mass is 9.98. The summed E-state index contributed by atoms with van der Waals surface area (Å²) in [7, 11) is 1.59. The van der Waals surface area contributed by atoms with E-state index in [2.05, 4.69) is 15.2 Å². The maximum atomic E-state index is 13.7. The standard InChI is InChI=1S/C16H22FN3O3/c1-18-15(21)10-22-13-6-16(23-9-13)3-5-20(11-16)8-12-2-4-19-7-14(12)17/h2,4,7,13H,3,5-6,8-11H2,1H3,(H,18,21)/t13-,16-/m1/s1. The smallest absolute Gasteiger partial charge is 0.245 e. The highest BCUT2D eigenvalue weighted by molar-refractivity contribution is 5.76. The molecule has 1 amide bonds. The van der Waals surface area contributed by atoms with Crippen molar-refractivity contribution in [1.29, 1.82) is 0 Å². The average molecular weight is 323 g/mol. The first-order chi connectivity index (χ1) is 11.1. The van der Waals surface area contributed by atoms with Gasteiger partial charge in [0.15, 0.2) is 0 Å². The first-order valence-corrected chi connectivity index (χ1v) is 7.87. The summed E-state index contributed by atoms with van der Waals surface area (Å²) in [4.78, 5) is 17.2. The van der Waals surface area contributed by atoms with Gasteiger partial charge in [-0.25, -0.2) is 4.39 Å². The highest BCUT2D eigenvalue weighted by Crippen LogP contribution is 2.36. The molecule has 6 nitrogen and oxygen atoms in total. The van der Waals surface area contributed by atoms with E-state index in [1.165, 1.54) is 6.20 Å². The number of halogens is 1. The van der Waals surface area contributed by atoms with Crippen LogP contribution in [0.4, 0.5) is 4.39 Å². The Hall–Kier alpha value is -1.57. The zero-order valence-corrected chi connectivity index (χ0v) is 13.3. The highest BCUT2D eigenvalue weighted by Gasteiger charge is 2.45. The van der Waals surface area contributed by atoms with Crippen LogP contribution in [0, 0.1) is 5.82 Å². The molecule has 2 aliphatic rings. The fourth-order valence-corrected chi connectivity index (χ4v) is 3.30. The van der Waals surface area contributed by atoms with Gasteiger partial charge in [-0.3, -0.25) is 14.7 Å². The predicted molar refractivity (Wildman–Crippen MR) is 81.2 cm³/mol. The minimum absolute atomic E-state index is 0.0510. The predicted octanol–water partition coefficient (Wildman–Crippen LogP) is 0.717. The molecule has 23 heavy (non-hydrogen) atoms. The lowest BCUT2D eigenvalue weighted by molar-refractivity contribution is -0.127. The second-order valence-electron chi connectivity index (χ2n) is 6.23. The van der Waals surface area contributed by atoms with Crippen LogP contribution in [0.2, 0.25) is 0 Å². The molecule has 3 heterocycles. The Morgan fingerprint density at radius 2 is 2.52 bits per heavy atom. The number of carbonyl (C=O) groups excluding carboxylic acids is 1. The molecule has 0 radical (unpaired) electrons. The number of hydrogen-bond donors (Lipinski definition) is 1. The van der Waals surface area contributed by atoms with E-state index >= 15 is 0 Å². The lowest BCUT2D eigenvalue weighted by Gasteiger charge is -2.23. The first kappa shape index (κ1) is 16.3. The fraction of sp³-hybridized carbons (Fsp3) is 0.625. The molecule has 3 rings (SSSR count). The molecule has 2 atom stereocenters. The number of carbonyl (C=O) groups is 1. The molecule has 2 aliphatic heterocycles. The van der Waals surface area contributed by atoms with Crippen LogP contribution in [0.5, 0.6) is 0 Å². The molecule has 7 heteroatoms. The average Bonchev–Trinajstić information content (AvgIpc) is 3.14. The fourth-order valence-electron chi connectivity index (χ4n) is 3.30. The van der Waals surface area contributed by atoms with Crippen molar-refractivity contribution in [3.05, 3.63) is 29.8 Å². The molecule has 0 aliphatic carbocycles. The van der Waals surface area contributed by atoms with Crippen LogP contribution < -0.4 is 5.32 Å². The third-order valence-electron chi connectivity index (χ3n) is 4.55. The number of hydrogen-bond acceptors (Lipinski definition) is 5. The van der Waals surface area contributed by atoms with Crippen LogP contribution >= 0.6 is 0 Å². The molecule has 1 aromatic heterocycles. The summed E-state index contributed by atoms with van der Waals surface area (Å²) in [6, 6.07) is 1.71. The highest BCUT2D eigenvalue weighted by atomic mass is 19.1. The van der Waals surface area contributed by atoms with Crippen LogP contribution in [-0.4, -0.2) is 60.8 Å². The van der Waals surface area contributed by atoms with Crippen molar-refractivity contribution in [3.63, 3.8) is 0 Å². The molecule has 0 saturated carbocycles. The quantitative estimate of drug-likeness (QED) is 0.865.